The van der Waals surface area contributed by atoms with Gasteiger partial charge in [0.2, 0.25) is 6.54 Å². The summed E-state index contributed by atoms with van der Waals surface area (Å²) >= 11 is 0. The number of hydrogen-bond donors (Lipinski definition) is 0. The molecule has 0 aliphatic heterocycles. The van der Waals surface area contributed by atoms with Crippen molar-refractivity contribution in [2.45, 2.75) is 26.2 Å². The lowest BCUT2D eigenvalue weighted by atomic mass is 9.79. The van der Waals surface area contributed by atoms with Crippen LogP contribution in [0.5, 0.6) is 0 Å². The minimum absolute atomic E-state index is 0.0147. The lowest BCUT2D eigenvalue weighted by molar-refractivity contribution is -0.489. The fraction of sp³-hybridized carbons (Fsp3) is 0.900. The Morgan fingerprint density at radius 1 is 1.57 bits per heavy atom. The maximum absolute atomic E-state index is 11.8. The Bertz CT molecular complexity index is 277. The Balaban J connectivity index is 2.04. The summed E-state index contributed by atoms with van der Waals surface area (Å²) in [6, 6.07) is 0. The summed E-state index contributed by atoms with van der Waals surface area (Å²) in [4.78, 5) is 21.8. The quantitative estimate of drug-likeness (QED) is 0.509. The van der Waals surface area contributed by atoms with Crippen LogP contribution in [-0.4, -0.2) is 17.3 Å². The molecule has 0 N–H and O–H groups in total. The van der Waals surface area contributed by atoms with E-state index in [0.29, 0.717) is 11.7 Å². The van der Waals surface area contributed by atoms with E-state index in [1.54, 1.807) is 0 Å². The molecular weight excluding hydrogens is 182 g/mol. The second-order valence-electron chi connectivity index (χ2n) is 4.69. The van der Waals surface area contributed by atoms with Crippen molar-refractivity contribution in [1.82, 2.24) is 0 Å². The van der Waals surface area contributed by atoms with Crippen molar-refractivity contribution < 1.29 is 9.72 Å². The van der Waals surface area contributed by atoms with Crippen LogP contribution in [0.3, 0.4) is 0 Å². The highest BCUT2D eigenvalue weighted by molar-refractivity contribution is 5.87. The summed E-state index contributed by atoms with van der Waals surface area (Å²) in [5, 5.41) is 10.4. The molecule has 2 saturated carbocycles. The Morgan fingerprint density at radius 3 is 2.79 bits per heavy atom. The average Bonchev–Trinajstić information content (AvgIpc) is 2.61. The van der Waals surface area contributed by atoms with E-state index < -0.39 is 0 Å². The van der Waals surface area contributed by atoms with Crippen molar-refractivity contribution in [3.05, 3.63) is 10.1 Å². The third-order valence-electron chi connectivity index (χ3n) is 3.76. The second-order valence-corrected chi connectivity index (χ2v) is 4.69. The molecule has 4 atom stereocenters. The fourth-order valence-electron chi connectivity index (χ4n) is 3.20. The first-order valence-electron chi connectivity index (χ1n) is 5.25. The molecular formula is C10H15NO3. The molecule has 0 heterocycles. The van der Waals surface area contributed by atoms with Crippen LogP contribution in [0.25, 0.3) is 0 Å². The van der Waals surface area contributed by atoms with E-state index in [9.17, 15) is 14.9 Å². The normalized spacial score (nSPS) is 37.5. The molecule has 4 heteroatoms. The zero-order valence-corrected chi connectivity index (χ0v) is 8.31. The van der Waals surface area contributed by atoms with Gasteiger partial charge in [-0.05, 0) is 25.2 Å². The third-order valence-corrected chi connectivity index (χ3v) is 3.76. The van der Waals surface area contributed by atoms with Crippen molar-refractivity contribution in [1.29, 1.82) is 0 Å². The lowest BCUT2D eigenvalue weighted by Crippen LogP contribution is -2.31. The highest BCUT2D eigenvalue weighted by atomic mass is 16.6. The first-order valence-corrected chi connectivity index (χ1v) is 5.25. The van der Waals surface area contributed by atoms with Gasteiger partial charge in [-0.15, -0.1) is 0 Å². The molecule has 0 unspecified atom stereocenters. The number of nitro groups is 1. The summed E-state index contributed by atoms with van der Waals surface area (Å²) in [5.74, 6) is 0.893. The Hall–Kier alpha value is -0.930. The van der Waals surface area contributed by atoms with E-state index >= 15 is 0 Å². The predicted octanol–water partition coefficient (Wildman–Crippen LogP) is 1.51. The van der Waals surface area contributed by atoms with Gasteiger partial charge >= 0.3 is 0 Å². The number of ketones is 1. The zero-order valence-electron chi connectivity index (χ0n) is 8.31. The molecule has 78 valence electrons. The maximum atomic E-state index is 11.8. The van der Waals surface area contributed by atoms with Crippen molar-refractivity contribution >= 4 is 5.78 Å². The number of rotatable bonds is 3. The molecule has 0 radical (unpaired) electrons. The highest BCUT2D eigenvalue weighted by Crippen LogP contribution is 2.48. The van der Waals surface area contributed by atoms with Crippen LogP contribution in [0.4, 0.5) is 0 Å². The first kappa shape index (κ1) is 9.62. The summed E-state index contributed by atoms with van der Waals surface area (Å²) < 4.78 is 0. The lowest BCUT2D eigenvalue weighted by Gasteiger charge is -2.23. The van der Waals surface area contributed by atoms with Crippen LogP contribution in [0.2, 0.25) is 0 Å². The summed E-state index contributed by atoms with van der Waals surface area (Å²) in [7, 11) is 0. The number of carbonyl (C=O) groups is 1. The highest BCUT2D eigenvalue weighted by Gasteiger charge is 2.49. The number of hydrogen-bond acceptors (Lipinski definition) is 3. The van der Waals surface area contributed by atoms with E-state index in [0.717, 1.165) is 19.3 Å². The molecule has 2 bridgehead atoms. The molecule has 0 spiro atoms. The van der Waals surface area contributed by atoms with Gasteiger partial charge in [0.1, 0.15) is 5.78 Å². The SMILES string of the molecule is C[C@H](C[N+](=O)[O-])[C@H]1C(=O)[C@@H]2CC[C@H]1C2. The van der Waals surface area contributed by atoms with Crippen molar-refractivity contribution in [2.24, 2.45) is 23.7 Å². The number of fused-ring (bicyclic) bond motifs is 2. The second kappa shape index (κ2) is 3.33. The van der Waals surface area contributed by atoms with E-state index in [-0.39, 0.29) is 29.2 Å². The van der Waals surface area contributed by atoms with Gasteiger partial charge in [-0.3, -0.25) is 14.9 Å². The predicted molar refractivity (Wildman–Crippen MR) is 50.4 cm³/mol. The van der Waals surface area contributed by atoms with Crippen LogP contribution < -0.4 is 0 Å². The molecule has 2 rings (SSSR count). The maximum Gasteiger partial charge on any atom is 0.207 e. The van der Waals surface area contributed by atoms with E-state index in [2.05, 4.69) is 0 Å². The van der Waals surface area contributed by atoms with Gasteiger partial charge in [0.25, 0.3) is 0 Å². The third kappa shape index (κ3) is 1.42. The average molecular weight is 197 g/mol. The molecule has 0 aromatic rings. The Morgan fingerprint density at radius 2 is 2.29 bits per heavy atom. The molecule has 0 aromatic carbocycles. The zero-order chi connectivity index (χ0) is 10.3. The molecule has 2 aliphatic rings. The fourth-order valence-corrected chi connectivity index (χ4v) is 3.20. The van der Waals surface area contributed by atoms with Gasteiger partial charge in [0.15, 0.2) is 0 Å². The van der Waals surface area contributed by atoms with Gasteiger partial charge in [-0.25, -0.2) is 0 Å². The summed E-state index contributed by atoms with van der Waals surface area (Å²) in [6.07, 6.45) is 3.11. The van der Waals surface area contributed by atoms with E-state index in [1.807, 2.05) is 6.92 Å². The molecule has 2 fully saturated rings. The minimum atomic E-state index is -0.302. The molecule has 0 aromatic heterocycles. The Labute approximate surface area is 82.8 Å². The largest absolute Gasteiger partial charge is 0.299 e. The molecule has 2 aliphatic carbocycles. The molecule has 0 saturated heterocycles. The van der Waals surface area contributed by atoms with Crippen LogP contribution in [0.1, 0.15) is 26.2 Å². The van der Waals surface area contributed by atoms with Gasteiger partial charge < -0.3 is 0 Å². The van der Waals surface area contributed by atoms with Gasteiger partial charge in [-0.1, -0.05) is 6.92 Å². The van der Waals surface area contributed by atoms with Crippen LogP contribution in [0, 0.1) is 33.8 Å². The monoisotopic (exact) mass is 197 g/mol. The summed E-state index contributed by atoms with van der Waals surface area (Å²) in [5.41, 5.74) is 0. The molecule has 4 nitrogen and oxygen atoms in total. The van der Waals surface area contributed by atoms with Crippen molar-refractivity contribution in [3.8, 4) is 0 Å². The number of nitrogens with zero attached hydrogens (tertiary/aromatic N) is 1. The Kier molecular flexibility index (Phi) is 2.29. The topological polar surface area (TPSA) is 60.2 Å². The number of Topliss-reactive ketones (excluding diaryl/α,β-unsaturated/α-hetero) is 1. The minimum Gasteiger partial charge on any atom is -0.299 e. The van der Waals surface area contributed by atoms with Crippen molar-refractivity contribution in [2.75, 3.05) is 6.54 Å². The molecule has 14 heavy (non-hydrogen) atoms. The smallest absolute Gasteiger partial charge is 0.207 e. The van der Waals surface area contributed by atoms with E-state index in [4.69, 9.17) is 0 Å². The molecule has 0 amide bonds. The van der Waals surface area contributed by atoms with Crippen LogP contribution >= 0.6 is 0 Å². The first-order chi connectivity index (χ1) is 6.59. The van der Waals surface area contributed by atoms with E-state index in [1.165, 1.54) is 0 Å². The summed E-state index contributed by atoms with van der Waals surface area (Å²) in [6.45, 7) is 1.78. The van der Waals surface area contributed by atoms with Crippen LogP contribution in [0.15, 0.2) is 0 Å². The van der Waals surface area contributed by atoms with Gasteiger partial charge in [0, 0.05) is 22.7 Å². The standard InChI is InChI=1S/C10H15NO3/c1-6(5-11(13)14)9-7-2-3-8(4-7)10(9)12/h6-9H,2-5H2,1H3/t6-,7+,8-,9-/m1/s1. The van der Waals surface area contributed by atoms with Gasteiger partial charge in [0.05, 0.1) is 0 Å². The van der Waals surface area contributed by atoms with Crippen molar-refractivity contribution in [3.63, 3.8) is 0 Å². The van der Waals surface area contributed by atoms with Crippen LogP contribution in [-0.2, 0) is 4.79 Å². The number of carbonyl (C=O) groups excluding carboxylic acids is 1. The van der Waals surface area contributed by atoms with Gasteiger partial charge in [-0.2, -0.15) is 0 Å².